The fourth-order valence-corrected chi connectivity index (χ4v) is 3.55. The second-order valence-corrected chi connectivity index (χ2v) is 6.74. The van der Waals surface area contributed by atoms with Crippen LogP contribution in [-0.4, -0.2) is 33.0 Å². The highest BCUT2D eigenvalue weighted by atomic mass is 32.2. The zero-order valence-corrected chi connectivity index (χ0v) is 12.5. The van der Waals surface area contributed by atoms with E-state index < -0.39 is 16.8 Å². The molecule has 6 heteroatoms. The van der Waals surface area contributed by atoms with E-state index in [1.807, 2.05) is 0 Å². The quantitative estimate of drug-likeness (QED) is 0.837. The van der Waals surface area contributed by atoms with Gasteiger partial charge in [-0.15, -0.1) is 0 Å². The van der Waals surface area contributed by atoms with E-state index in [1.165, 1.54) is 12.1 Å². The van der Waals surface area contributed by atoms with E-state index >= 15 is 0 Å². The molecule has 0 saturated heterocycles. The van der Waals surface area contributed by atoms with Crippen molar-refractivity contribution >= 4 is 22.7 Å². The molecule has 21 heavy (non-hydrogen) atoms. The molecule has 1 atom stereocenters. The third-order valence-corrected chi connectivity index (χ3v) is 4.75. The Morgan fingerprint density at radius 1 is 1.29 bits per heavy atom. The van der Waals surface area contributed by atoms with Crippen molar-refractivity contribution in [3.63, 3.8) is 0 Å². The lowest BCUT2D eigenvalue weighted by molar-refractivity contribution is -0.119. The van der Waals surface area contributed by atoms with Gasteiger partial charge in [-0.25, -0.2) is 4.79 Å². The van der Waals surface area contributed by atoms with Crippen molar-refractivity contribution in [2.45, 2.75) is 37.5 Å². The van der Waals surface area contributed by atoms with Crippen LogP contribution in [0.15, 0.2) is 24.3 Å². The molecule has 1 aromatic rings. The summed E-state index contributed by atoms with van der Waals surface area (Å²) in [4.78, 5) is 22.6. The number of hydrogen-bond donors (Lipinski definition) is 2. The van der Waals surface area contributed by atoms with E-state index in [1.54, 1.807) is 12.1 Å². The van der Waals surface area contributed by atoms with Gasteiger partial charge >= 0.3 is 5.97 Å². The fourth-order valence-electron chi connectivity index (χ4n) is 2.52. The highest BCUT2D eigenvalue weighted by molar-refractivity contribution is 7.84. The van der Waals surface area contributed by atoms with E-state index in [9.17, 15) is 13.8 Å². The molecular weight excluding hydrogens is 290 g/mol. The zero-order valence-electron chi connectivity index (χ0n) is 11.7. The summed E-state index contributed by atoms with van der Waals surface area (Å²) in [6.07, 6.45) is 4.27. The number of aromatic carboxylic acids is 1. The highest BCUT2D eigenvalue weighted by Crippen LogP contribution is 2.17. The van der Waals surface area contributed by atoms with E-state index in [0.717, 1.165) is 25.7 Å². The first-order valence-electron chi connectivity index (χ1n) is 7.01. The lowest BCUT2D eigenvalue weighted by Crippen LogP contribution is -2.35. The largest absolute Gasteiger partial charge is 0.478 e. The average Bonchev–Trinajstić information content (AvgIpc) is 2.91. The van der Waals surface area contributed by atoms with E-state index in [2.05, 4.69) is 5.32 Å². The van der Waals surface area contributed by atoms with Crippen LogP contribution < -0.4 is 5.32 Å². The van der Waals surface area contributed by atoms with Gasteiger partial charge in [-0.3, -0.25) is 9.00 Å². The highest BCUT2D eigenvalue weighted by Gasteiger charge is 2.18. The third-order valence-electron chi connectivity index (χ3n) is 3.51. The van der Waals surface area contributed by atoms with Crippen molar-refractivity contribution in [2.75, 3.05) is 5.75 Å². The van der Waals surface area contributed by atoms with Crippen LogP contribution >= 0.6 is 0 Å². The van der Waals surface area contributed by atoms with Crippen LogP contribution in [0.25, 0.3) is 0 Å². The number of carbonyl (C=O) groups excluding carboxylic acids is 1. The maximum Gasteiger partial charge on any atom is 0.335 e. The molecule has 114 valence electrons. The van der Waals surface area contributed by atoms with Gasteiger partial charge in [0.1, 0.15) is 5.75 Å². The predicted octanol–water partition coefficient (Wildman–Crippen LogP) is 1.69. The fraction of sp³-hybridized carbons (Fsp3) is 0.467. The minimum absolute atomic E-state index is 0.0339. The van der Waals surface area contributed by atoms with Crippen LogP contribution in [0.3, 0.4) is 0 Å². The van der Waals surface area contributed by atoms with Gasteiger partial charge in [0.05, 0.1) is 5.56 Å². The first-order valence-corrected chi connectivity index (χ1v) is 8.50. The molecule has 0 radical (unpaired) electrons. The van der Waals surface area contributed by atoms with E-state index in [-0.39, 0.29) is 29.0 Å². The number of carboxylic acid groups (broad SMARTS) is 1. The minimum Gasteiger partial charge on any atom is -0.478 e. The van der Waals surface area contributed by atoms with Crippen molar-refractivity contribution in [1.29, 1.82) is 0 Å². The van der Waals surface area contributed by atoms with Crippen molar-refractivity contribution in [3.05, 3.63) is 35.4 Å². The number of amides is 1. The van der Waals surface area contributed by atoms with Crippen LogP contribution in [0.5, 0.6) is 0 Å². The Morgan fingerprint density at radius 2 is 2.00 bits per heavy atom. The maximum absolute atomic E-state index is 12.0. The Balaban J connectivity index is 1.84. The molecule has 0 aromatic heterocycles. The van der Waals surface area contributed by atoms with Crippen LogP contribution in [0.1, 0.15) is 41.6 Å². The number of rotatable bonds is 6. The van der Waals surface area contributed by atoms with Gasteiger partial charge in [-0.1, -0.05) is 25.0 Å². The van der Waals surface area contributed by atoms with Crippen LogP contribution in [0.4, 0.5) is 0 Å². The maximum atomic E-state index is 12.0. The number of carboxylic acids is 1. The summed E-state index contributed by atoms with van der Waals surface area (Å²) in [5.74, 6) is -1.04. The Bertz CT molecular complexity index is 552. The van der Waals surface area contributed by atoms with Crippen LogP contribution in [-0.2, 0) is 21.3 Å². The Morgan fingerprint density at radius 3 is 2.67 bits per heavy atom. The number of hydrogen-bond acceptors (Lipinski definition) is 3. The van der Waals surface area contributed by atoms with Crippen molar-refractivity contribution in [1.82, 2.24) is 5.32 Å². The van der Waals surface area contributed by atoms with E-state index in [4.69, 9.17) is 5.11 Å². The summed E-state index contributed by atoms with van der Waals surface area (Å²) in [6, 6.07) is 6.55. The van der Waals surface area contributed by atoms with Crippen molar-refractivity contribution in [3.8, 4) is 0 Å². The summed E-state index contributed by atoms with van der Waals surface area (Å²) in [5.41, 5.74) is 0.835. The summed E-state index contributed by atoms with van der Waals surface area (Å²) in [6.45, 7) is 0. The van der Waals surface area contributed by atoms with Crippen LogP contribution in [0.2, 0.25) is 0 Å². The summed E-state index contributed by atoms with van der Waals surface area (Å²) in [5, 5.41) is 11.8. The molecule has 1 aliphatic carbocycles. The lowest BCUT2D eigenvalue weighted by atomic mass is 10.1. The minimum atomic E-state index is -1.33. The smallest absolute Gasteiger partial charge is 0.335 e. The number of carbonyl (C=O) groups is 2. The summed E-state index contributed by atoms with van der Waals surface area (Å²) < 4.78 is 12.0. The van der Waals surface area contributed by atoms with Crippen LogP contribution in [0, 0.1) is 0 Å². The molecule has 2 N–H and O–H groups in total. The number of benzene rings is 1. The van der Waals surface area contributed by atoms with Gasteiger partial charge in [-0.2, -0.15) is 0 Å². The zero-order chi connectivity index (χ0) is 15.2. The predicted molar refractivity (Wildman–Crippen MR) is 80.5 cm³/mol. The Labute approximate surface area is 126 Å². The number of nitrogens with one attached hydrogen (secondary N) is 1. The van der Waals surface area contributed by atoms with E-state index in [0.29, 0.717) is 5.56 Å². The molecule has 5 nitrogen and oxygen atoms in total. The molecule has 0 aliphatic heterocycles. The second-order valence-electron chi connectivity index (χ2n) is 5.28. The molecule has 1 amide bonds. The first-order chi connectivity index (χ1) is 10.0. The second kappa shape index (κ2) is 7.36. The van der Waals surface area contributed by atoms with Gasteiger partial charge in [0.2, 0.25) is 5.91 Å². The summed E-state index contributed by atoms with van der Waals surface area (Å²) in [7, 11) is -1.33. The van der Waals surface area contributed by atoms with Gasteiger partial charge in [0.25, 0.3) is 0 Å². The molecule has 0 heterocycles. The molecular formula is C15H19NO4S. The molecule has 1 saturated carbocycles. The van der Waals surface area contributed by atoms with Crippen molar-refractivity contribution in [2.24, 2.45) is 0 Å². The normalized spacial score (nSPS) is 16.6. The molecule has 1 aromatic carbocycles. The van der Waals surface area contributed by atoms with Crippen molar-refractivity contribution < 1.29 is 18.9 Å². The third kappa shape index (κ3) is 4.97. The average molecular weight is 309 g/mol. The first kappa shape index (κ1) is 15.7. The Kier molecular flexibility index (Phi) is 5.50. The summed E-state index contributed by atoms with van der Waals surface area (Å²) >= 11 is 0. The van der Waals surface area contributed by atoms with Gasteiger partial charge in [0.15, 0.2) is 0 Å². The molecule has 0 spiro atoms. The molecule has 1 aliphatic rings. The molecule has 1 fully saturated rings. The topological polar surface area (TPSA) is 83.5 Å². The monoisotopic (exact) mass is 309 g/mol. The Hall–Kier alpha value is -1.69. The van der Waals surface area contributed by atoms with Gasteiger partial charge in [0, 0.05) is 22.6 Å². The van der Waals surface area contributed by atoms with Gasteiger partial charge < -0.3 is 10.4 Å². The molecule has 0 bridgehead atoms. The molecule has 2 rings (SSSR count). The standard InChI is InChI=1S/C15H19NO4S/c17-14(16-13-6-1-2-7-13)10-21(20)9-11-4-3-5-12(8-11)15(18)19/h3-5,8,13H,1-2,6-7,9-10H2,(H,16,17)(H,18,19). The molecule has 1 unspecified atom stereocenters. The van der Waals surface area contributed by atoms with Gasteiger partial charge in [-0.05, 0) is 30.5 Å². The SMILES string of the molecule is O=C(CS(=O)Cc1cccc(C(=O)O)c1)NC1CCCC1. The lowest BCUT2D eigenvalue weighted by Gasteiger charge is -2.11.